The van der Waals surface area contributed by atoms with Crippen LogP contribution in [-0.2, 0) is 11.2 Å². The van der Waals surface area contributed by atoms with Crippen molar-refractivity contribution >= 4 is 28.9 Å². The minimum absolute atomic E-state index is 0.0341. The predicted molar refractivity (Wildman–Crippen MR) is 134 cm³/mol. The molecule has 10 heteroatoms. The molecular weight excluding hydrogens is 462 g/mol. The first-order chi connectivity index (χ1) is 17.0. The molecule has 4 aromatic rings. The molecule has 0 unspecified atom stereocenters. The number of carbonyl (C=O) groups excluding carboxylic acids is 1. The highest BCUT2D eigenvalue weighted by Crippen LogP contribution is 2.21. The molecular formula is C25H25N7O2S. The third-order valence-electron chi connectivity index (χ3n) is 5.57. The molecule has 0 radical (unpaired) electrons. The van der Waals surface area contributed by atoms with Crippen LogP contribution in [0.1, 0.15) is 33.2 Å². The van der Waals surface area contributed by atoms with Crippen LogP contribution in [0.3, 0.4) is 0 Å². The zero-order valence-electron chi connectivity index (χ0n) is 19.5. The highest BCUT2D eigenvalue weighted by atomic mass is 32.1. The second kappa shape index (κ2) is 10.2. The summed E-state index contributed by atoms with van der Waals surface area (Å²) in [6.45, 7) is 3.67. The Labute approximate surface area is 207 Å². The van der Waals surface area contributed by atoms with E-state index < -0.39 is 0 Å². The van der Waals surface area contributed by atoms with Crippen LogP contribution in [-0.4, -0.2) is 62.0 Å². The fourth-order valence-corrected chi connectivity index (χ4v) is 4.66. The van der Waals surface area contributed by atoms with Gasteiger partial charge in [-0.2, -0.15) is 0 Å². The first-order valence-corrected chi connectivity index (χ1v) is 12.2. The standard InChI is InChI=1S/C25H25N7O2S/c1-16-4-3-5-19(28-16)24-27-10-7-22(31-24)29-21-6-9-26-23(30-21)13-17-12-20(35-15-17)25(33)34-18-8-11-32(2)14-18/h3-7,9-10,12,15,18H,8,11,13-14H2,1-2H3,(H,26,27,29,30,31)/t18-/m1/s1. The summed E-state index contributed by atoms with van der Waals surface area (Å²) in [6.07, 6.45) is 4.74. The maximum Gasteiger partial charge on any atom is 0.348 e. The van der Waals surface area contributed by atoms with E-state index in [0.717, 1.165) is 30.8 Å². The number of aryl methyl sites for hydroxylation is 1. The number of esters is 1. The quantitative estimate of drug-likeness (QED) is 0.389. The Kier molecular flexibility index (Phi) is 6.73. The minimum atomic E-state index is -0.263. The van der Waals surface area contributed by atoms with Gasteiger partial charge < -0.3 is 15.0 Å². The van der Waals surface area contributed by atoms with Crippen LogP contribution in [0, 0.1) is 6.92 Å². The Morgan fingerprint density at radius 1 is 1.14 bits per heavy atom. The molecule has 1 atom stereocenters. The van der Waals surface area contributed by atoms with Gasteiger partial charge in [-0.25, -0.2) is 29.7 Å². The molecule has 1 aliphatic heterocycles. The van der Waals surface area contributed by atoms with Crippen LogP contribution in [0.4, 0.5) is 11.6 Å². The van der Waals surface area contributed by atoms with E-state index in [1.807, 2.05) is 43.6 Å². The molecule has 4 aromatic heterocycles. The van der Waals surface area contributed by atoms with E-state index >= 15 is 0 Å². The molecule has 0 spiro atoms. The van der Waals surface area contributed by atoms with Gasteiger partial charge in [-0.05, 0) is 61.7 Å². The van der Waals surface area contributed by atoms with E-state index in [0.29, 0.717) is 40.3 Å². The van der Waals surface area contributed by atoms with Gasteiger partial charge in [-0.15, -0.1) is 11.3 Å². The van der Waals surface area contributed by atoms with E-state index in [9.17, 15) is 4.79 Å². The molecule has 0 aliphatic carbocycles. The number of hydrogen-bond donors (Lipinski definition) is 1. The molecule has 0 amide bonds. The largest absolute Gasteiger partial charge is 0.457 e. The maximum absolute atomic E-state index is 12.5. The summed E-state index contributed by atoms with van der Waals surface area (Å²) < 4.78 is 5.64. The van der Waals surface area contributed by atoms with Crippen LogP contribution in [0.5, 0.6) is 0 Å². The molecule has 178 valence electrons. The fraction of sp³-hybridized carbons (Fsp3) is 0.280. The van der Waals surface area contributed by atoms with Crippen molar-refractivity contribution in [1.82, 2.24) is 29.8 Å². The van der Waals surface area contributed by atoms with Gasteiger partial charge in [0.25, 0.3) is 0 Å². The average Bonchev–Trinajstić information content (AvgIpc) is 3.48. The number of aromatic nitrogens is 5. The molecule has 1 fully saturated rings. The molecule has 0 saturated carbocycles. The zero-order chi connectivity index (χ0) is 24.2. The van der Waals surface area contributed by atoms with Crippen molar-refractivity contribution in [3.63, 3.8) is 0 Å². The van der Waals surface area contributed by atoms with Crippen molar-refractivity contribution in [2.24, 2.45) is 0 Å². The zero-order valence-corrected chi connectivity index (χ0v) is 20.3. The van der Waals surface area contributed by atoms with Crippen LogP contribution in [0.15, 0.2) is 54.2 Å². The first kappa shape index (κ1) is 23.0. The Hall–Kier alpha value is -3.76. The van der Waals surface area contributed by atoms with Gasteiger partial charge in [0.05, 0.1) is 0 Å². The summed E-state index contributed by atoms with van der Waals surface area (Å²) in [5.74, 6) is 2.15. The van der Waals surface area contributed by atoms with Gasteiger partial charge in [0, 0.05) is 37.6 Å². The number of ether oxygens (including phenoxy) is 1. The lowest BCUT2D eigenvalue weighted by molar-refractivity contribution is 0.0333. The lowest BCUT2D eigenvalue weighted by Gasteiger charge is -2.11. The Bertz CT molecular complexity index is 1340. The molecule has 1 aliphatic rings. The molecule has 0 bridgehead atoms. The molecule has 35 heavy (non-hydrogen) atoms. The smallest absolute Gasteiger partial charge is 0.348 e. The maximum atomic E-state index is 12.5. The van der Waals surface area contributed by atoms with Crippen LogP contribution in [0.25, 0.3) is 11.5 Å². The number of rotatable bonds is 7. The Morgan fingerprint density at radius 2 is 1.97 bits per heavy atom. The van der Waals surface area contributed by atoms with Gasteiger partial charge in [0.15, 0.2) is 5.82 Å². The van der Waals surface area contributed by atoms with E-state index in [4.69, 9.17) is 4.74 Å². The van der Waals surface area contributed by atoms with E-state index in [1.165, 1.54) is 11.3 Å². The monoisotopic (exact) mass is 487 g/mol. The van der Waals surface area contributed by atoms with E-state index in [2.05, 4.69) is 35.1 Å². The third kappa shape index (κ3) is 5.84. The molecule has 5 rings (SSSR count). The molecule has 9 nitrogen and oxygen atoms in total. The number of nitrogens with zero attached hydrogens (tertiary/aromatic N) is 6. The van der Waals surface area contributed by atoms with Crippen molar-refractivity contribution in [3.05, 3.63) is 76.1 Å². The minimum Gasteiger partial charge on any atom is -0.457 e. The number of hydrogen-bond acceptors (Lipinski definition) is 10. The normalized spacial score (nSPS) is 15.8. The first-order valence-electron chi connectivity index (χ1n) is 11.3. The van der Waals surface area contributed by atoms with Crippen LogP contribution >= 0.6 is 11.3 Å². The Morgan fingerprint density at radius 3 is 2.77 bits per heavy atom. The average molecular weight is 488 g/mol. The van der Waals surface area contributed by atoms with Crippen LogP contribution in [0.2, 0.25) is 0 Å². The molecule has 1 N–H and O–H groups in total. The SMILES string of the molecule is Cc1cccc(-c2nccc(Nc3ccnc(Cc4csc(C(=O)O[C@@H]5CCN(C)C5)c4)n3)n2)n1. The Balaban J connectivity index is 1.24. The number of pyridine rings is 1. The number of carbonyl (C=O) groups is 1. The summed E-state index contributed by atoms with van der Waals surface area (Å²) in [6, 6.07) is 11.2. The summed E-state index contributed by atoms with van der Waals surface area (Å²) in [5, 5.41) is 5.17. The number of likely N-dealkylation sites (N-methyl/N-ethyl adjacent to an activating group) is 1. The van der Waals surface area contributed by atoms with Gasteiger partial charge in [-0.1, -0.05) is 6.07 Å². The van der Waals surface area contributed by atoms with Crippen LogP contribution < -0.4 is 5.32 Å². The highest BCUT2D eigenvalue weighted by Gasteiger charge is 2.24. The number of nitrogens with one attached hydrogen (secondary N) is 1. The summed E-state index contributed by atoms with van der Waals surface area (Å²) >= 11 is 1.39. The number of thiophene rings is 1. The van der Waals surface area contributed by atoms with Gasteiger partial charge in [0.1, 0.15) is 34.1 Å². The lowest BCUT2D eigenvalue weighted by atomic mass is 10.2. The van der Waals surface area contributed by atoms with Gasteiger partial charge in [-0.3, -0.25) is 0 Å². The van der Waals surface area contributed by atoms with E-state index in [1.54, 1.807) is 24.5 Å². The van der Waals surface area contributed by atoms with Gasteiger partial charge in [0.2, 0.25) is 0 Å². The lowest BCUT2D eigenvalue weighted by Crippen LogP contribution is -2.21. The highest BCUT2D eigenvalue weighted by molar-refractivity contribution is 7.12. The van der Waals surface area contributed by atoms with Crippen molar-refractivity contribution < 1.29 is 9.53 Å². The van der Waals surface area contributed by atoms with Crippen molar-refractivity contribution in [3.8, 4) is 11.5 Å². The molecule has 5 heterocycles. The second-order valence-electron chi connectivity index (χ2n) is 8.49. The third-order valence-corrected chi connectivity index (χ3v) is 6.53. The van der Waals surface area contributed by atoms with Crippen molar-refractivity contribution in [2.45, 2.75) is 25.9 Å². The van der Waals surface area contributed by atoms with E-state index in [-0.39, 0.29) is 12.1 Å². The van der Waals surface area contributed by atoms with Crippen molar-refractivity contribution in [2.75, 3.05) is 25.5 Å². The number of likely N-dealkylation sites (tertiary alicyclic amines) is 1. The fourth-order valence-electron chi connectivity index (χ4n) is 3.86. The number of anilines is 2. The summed E-state index contributed by atoms with van der Waals surface area (Å²) in [4.78, 5) is 37.6. The van der Waals surface area contributed by atoms with Crippen molar-refractivity contribution in [1.29, 1.82) is 0 Å². The summed E-state index contributed by atoms with van der Waals surface area (Å²) in [5.41, 5.74) is 2.59. The molecule has 0 aromatic carbocycles. The second-order valence-corrected chi connectivity index (χ2v) is 9.40. The van der Waals surface area contributed by atoms with Gasteiger partial charge >= 0.3 is 5.97 Å². The molecule has 1 saturated heterocycles. The topological polar surface area (TPSA) is 106 Å². The summed E-state index contributed by atoms with van der Waals surface area (Å²) in [7, 11) is 2.03. The predicted octanol–water partition coefficient (Wildman–Crippen LogP) is 3.89.